The molecule has 0 bridgehead atoms. The summed E-state index contributed by atoms with van der Waals surface area (Å²) in [6, 6.07) is 4.55. The van der Waals surface area contributed by atoms with E-state index in [4.69, 9.17) is 0 Å². The van der Waals surface area contributed by atoms with Crippen LogP contribution >= 0.6 is 15.9 Å². The predicted molar refractivity (Wildman–Crippen MR) is 87.9 cm³/mol. The van der Waals surface area contributed by atoms with Crippen LogP contribution in [0.4, 0.5) is 0 Å². The highest BCUT2D eigenvalue weighted by molar-refractivity contribution is 9.10. The van der Waals surface area contributed by atoms with Gasteiger partial charge in [0.1, 0.15) is 0 Å². The van der Waals surface area contributed by atoms with Crippen LogP contribution in [0, 0.1) is 0 Å². The first kappa shape index (κ1) is 17.4. The van der Waals surface area contributed by atoms with E-state index in [1.165, 1.54) is 21.4 Å². The average molecular weight is 390 g/mol. The molecule has 122 valence electrons. The van der Waals surface area contributed by atoms with Crippen molar-refractivity contribution in [3.8, 4) is 0 Å². The van der Waals surface area contributed by atoms with Gasteiger partial charge in [-0.3, -0.25) is 10.2 Å². The van der Waals surface area contributed by atoms with Crippen molar-refractivity contribution in [2.24, 2.45) is 0 Å². The standard InChI is InChI=1S/C14H20BrN3O3S/c1-17(2)16-14(19)12-10-11(6-7-13(12)15)22(20,21)18-8-4-3-5-9-18/h6-7,10H,3-5,8-9H2,1-2H3,(H,16,19). The van der Waals surface area contributed by atoms with Gasteiger partial charge < -0.3 is 0 Å². The summed E-state index contributed by atoms with van der Waals surface area (Å²) in [4.78, 5) is 12.3. The van der Waals surface area contributed by atoms with E-state index in [1.807, 2.05) is 0 Å². The topological polar surface area (TPSA) is 69.7 Å². The summed E-state index contributed by atoms with van der Waals surface area (Å²) in [6.45, 7) is 1.08. The van der Waals surface area contributed by atoms with Gasteiger partial charge in [-0.15, -0.1) is 0 Å². The van der Waals surface area contributed by atoms with Crippen molar-refractivity contribution in [2.75, 3.05) is 27.2 Å². The SMILES string of the molecule is CN(C)NC(=O)c1cc(S(=O)(=O)N2CCCCC2)ccc1Br. The van der Waals surface area contributed by atoms with Crippen LogP contribution in [0.15, 0.2) is 27.6 Å². The van der Waals surface area contributed by atoms with Crippen LogP contribution in [0.1, 0.15) is 29.6 Å². The minimum Gasteiger partial charge on any atom is -0.285 e. The zero-order valence-corrected chi connectivity index (χ0v) is 15.1. The van der Waals surface area contributed by atoms with Gasteiger partial charge in [0, 0.05) is 31.7 Å². The summed E-state index contributed by atoms with van der Waals surface area (Å²) < 4.78 is 27.4. The summed E-state index contributed by atoms with van der Waals surface area (Å²) in [7, 11) is -0.155. The molecule has 0 spiro atoms. The first-order valence-corrected chi connectivity index (χ1v) is 9.33. The smallest absolute Gasteiger partial charge is 0.266 e. The number of hydrazine groups is 1. The Bertz CT molecular complexity index is 655. The van der Waals surface area contributed by atoms with Gasteiger partial charge in [-0.2, -0.15) is 4.31 Å². The number of hydrogen-bond acceptors (Lipinski definition) is 4. The predicted octanol–water partition coefficient (Wildman–Crippen LogP) is 1.83. The third-order valence-electron chi connectivity index (χ3n) is 3.46. The van der Waals surface area contributed by atoms with E-state index in [1.54, 1.807) is 20.2 Å². The Balaban J connectivity index is 2.34. The Morgan fingerprint density at radius 1 is 1.23 bits per heavy atom. The van der Waals surface area contributed by atoms with Crippen molar-refractivity contribution in [3.05, 3.63) is 28.2 Å². The van der Waals surface area contributed by atoms with E-state index in [9.17, 15) is 13.2 Å². The fourth-order valence-electron chi connectivity index (χ4n) is 2.36. The summed E-state index contributed by atoms with van der Waals surface area (Å²) >= 11 is 3.30. The molecule has 8 heteroatoms. The zero-order valence-electron chi connectivity index (χ0n) is 12.7. The molecule has 1 heterocycles. The first-order valence-electron chi connectivity index (χ1n) is 7.10. The lowest BCUT2D eigenvalue weighted by Crippen LogP contribution is -2.37. The van der Waals surface area contributed by atoms with Crippen molar-refractivity contribution >= 4 is 31.9 Å². The molecular weight excluding hydrogens is 370 g/mol. The number of amides is 1. The number of rotatable bonds is 4. The molecule has 0 radical (unpaired) electrons. The van der Waals surface area contributed by atoms with Crippen LogP contribution in [0.3, 0.4) is 0 Å². The van der Waals surface area contributed by atoms with Crippen molar-refractivity contribution in [1.29, 1.82) is 0 Å². The number of nitrogens with zero attached hydrogens (tertiary/aromatic N) is 2. The normalized spacial score (nSPS) is 16.7. The molecular formula is C14H20BrN3O3S. The van der Waals surface area contributed by atoms with Gasteiger partial charge >= 0.3 is 0 Å². The lowest BCUT2D eigenvalue weighted by atomic mass is 10.2. The maximum Gasteiger partial charge on any atom is 0.266 e. The molecule has 1 fully saturated rings. The van der Waals surface area contributed by atoms with Gasteiger partial charge in [0.25, 0.3) is 5.91 Å². The first-order chi connectivity index (χ1) is 10.3. The number of hydrogen-bond donors (Lipinski definition) is 1. The van der Waals surface area contributed by atoms with E-state index in [0.717, 1.165) is 19.3 Å². The third kappa shape index (κ3) is 3.87. The molecule has 0 saturated carbocycles. The van der Waals surface area contributed by atoms with E-state index >= 15 is 0 Å². The number of sulfonamides is 1. The van der Waals surface area contributed by atoms with Crippen molar-refractivity contribution in [3.63, 3.8) is 0 Å². The van der Waals surface area contributed by atoms with E-state index in [2.05, 4.69) is 21.4 Å². The average Bonchev–Trinajstić information content (AvgIpc) is 2.47. The summed E-state index contributed by atoms with van der Waals surface area (Å²) in [5.41, 5.74) is 2.91. The Morgan fingerprint density at radius 2 is 1.86 bits per heavy atom. The number of halogens is 1. The number of piperidine rings is 1. The highest BCUT2D eigenvalue weighted by atomic mass is 79.9. The molecule has 0 aliphatic carbocycles. The van der Waals surface area contributed by atoms with Crippen molar-refractivity contribution in [1.82, 2.24) is 14.7 Å². The van der Waals surface area contributed by atoms with Gasteiger partial charge in [-0.1, -0.05) is 6.42 Å². The lowest BCUT2D eigenvalue weighted by molar-refractivity contribution is 0.0856. The molecule has 1 saturated heterocycles. The molecule has 1 aromatic carbocycles. The second kappa shape index (κ2) is 7.08. The van der Waals surface area contributed by atoms with Crippen LogP contribution < -0.4 is 5.43 Å². The molecule has 0 unspecified atom stereocenters. The van der Waals surface area contributed by atoms with Gasteiger partial charge in [-0.05, 0) is 47.0 Å². The zero-order chi connectivity index (χ0) is 16.3. The maximum absolute atomic E-state index is 12.7. The van der Waals surface area contributed by atoms with Crippen LogP contribution in [0.5, 0.6) is 0 Å². The molecule has 22 heavy (non-hydrogen) atoms. The highest BCUT2D eigenvalue weighted by Gasteiger charge is 2.27. The number of nitrogens with one attached hydrogen (secondary N) is 1. The third-order valence-corrected chi connectivity index (χ3v) is 6.05. The van der Waals surface area contributed by atoms with Gasteiger partial charge in [0.2, 0.25) is 10.0 Å². The lowest BCUT2D eigenvalue weighted by Gasteiger charge is -2.26. The molecule has 1 aliphatic heterocycles. The molecule has 0 aromatic heterocycles. The monoisotopic (exact) mass is 389 g/mol. The van der Waals surface area contributed by atoms with Gasteiger partial charge in [-0.25, -0.2) is 13.4 Å². The highest BCUT2D eigenvalue weighted by Crippen LogP contribution is 2.25. The summed E-state index contributed by atoms with van der Waals surface area (Å²) in [5, 5.41) is 1.51. The van der Waals surface area contributed by atoms with Crippen molar-refractivity contribution in [2.45, 2.75) is 24.2 Å². The van der Waals surface area contributed by atoms with E-state index in [-0.39, 0.29) is 10.8 Å². The quantitative estimate of drug-likeness (QED) is 0.797. The Hall–Kier alpha value is -0.960. The Kier molecular flexibility index (Phi) is 5.60. The number of benzene rings is 1. The largest absolute Gasteiger partial charge is 0.285 e. The minimum atomic E-state index is -3.54. The Labute approximate surface area is 139 Å². The Morgan fingerprint density at radius 3 is 2.45 bits per heavy atom. The van der Waals surface area contributed by atoms with Crippen LogP contribution in [0.2, 0.25) is 0 Å². The van der Waals surface area contributed by atoms with Gasteiger partial charge in [0.15, 0.2) is 0 Å². The van der Waals surface area contributed by atoms with Gasteiger partial charge in [0.05, 0.1) is 10.5 Å². The minimum absolute atomic E-state index is 0.154. The van der Waals surface area contributed by atoms with Crippen LogP contribution in [0.25, 0.3) is 0 Å². The van der Waals surface area contributed by atoms with E-state index < -0.39 is 10.0 Å². The maximum atomic E-state index is 12.7. The van der Waals surface area contributed by atoms with Crippen molar-refractivity contribution < 1.29 is 13.2 Å². The fourth-order valence-corrected chi connectivity index (χ4v) is 4.33. The second-order valence-corrected chi connectivity index (χ2v) is 8.23. The summed E-state index contributed by atoms with van der Waals surface area (Å²) in [5.74, 6) is -0.354. The summed E-state index contributed by atoms with van der Waals surface area (Å²) in [6.07, 6.45) is 2.82. The molecule has 1 aliphatic rings. The van der Waals surface area contributed by atoms with Crippen LogP contribution in [-0.2, 0) is 10.0 Å². The molecule has 1 amide bonds. The second-order valence-electron chi connectivity index (χ2n) is 5.44. The number of carbonyl (C=O) groups excluding carboxylic acids is 1. The molecule has 2 rings (SSSR count). The number of carbonyl (C=O) groups is 1. The fraction of sp³-hybridized carbons (Fsp3) is 0.500. The molecule has 1 N–H and O–H groups in total. The van der Waals surface area contributed by atoms with E-state index in [0.29, 0.717) is 23.1 Å². The van der Waals surface area contributed by atoms with Crippen LogP contribution in [-0.4, -0.2) is 50.8 Å². The molecule has 0 atom stereocenters. The molecule has 6 nitrogen and oxygen atoms in total. The molecule has 1 aromatic rings.